The Labute approximate surface area is 132 Å². The van der Waals surface area contributed by atoms with E-state index in [9.17, 15) is 13.9 Å². The van der Waals surface area contributed by atoms with Crippen LogP contribution in [-0.2, 0) is 0 Å². The summed E-state index contributed by atoms with van der Waals surface area (Å²) in [6, 6.07) is 0.650. The average Bonchev–Trinajstić information content (AvgIpc) is 2.45. The highest BCUT2D eigenvalue weighted by Gasteiger charge is 2.30. The van der Waals surface area contributed by atoms with Gasteiger partial charge in [0.15, 0.2) is 11.6 Å². The number of halogens is 3. The molecule has 1 aliphatic rings. The fraction of sp³-hybridized carbons (Fsp3) is 0.600. The van der Waals surface area contributed by atoms with Gasteiger partial charge in [-0.1, -0.05) is 13.8 Å². The van der Waals surface area contributed by atoms with Crippen molar-refractivity contribution < 1.29 is 13.9 Å². The highest BCUT2D eigenvalue weighted by Crippen LogP contribution is 2.40. The Hall–Kier alpha value is -0.720. The molecule has 1 atom stereocenters. The van der Waals surface area contributed by atoms with Crippen LogP contribution in [0.5, 0.6) is 5.75 Å². The summed E-state index contributed by atoms with van der Waals surface area (Å²) >= 11 is 3.10. The van der Waals surface area contributed by atoms with Crippen LogP contribution < -0.4 is 5.32 Å². The lowest BCUT2D eigenvalue weighted by molar-refractivity contribution is 0.147. The van der Waals surface area contributed by atoms with Crippen LogP contribution in [0.25, 0.3) is 0 Å². The summed E-state index contributed by atoms with van der Waals surface area (Å²) in [5, 5.41) is 13.5. The molecule has 6 heteroatoms. The molecule has 0 aliphatic carbocycles. The van der Waals surface area contributed by atoms with Crippen molar-refractivity contribution in [3.8, 4) is 5.75 Å². The van der Waals surface area contributed by atoms with Crippen LogP contribution in [0.15, 0.2) is 10.5 Å². The Bertz CT molecular complexity index is 479. The van der Waals surface area contributed by atoms with E-state index in [4.69, 9.17) is 0 Å². The van der Waals surface area contributed by atoms with E-state index in [0.717, 1.165) is 32.2 Å². The standard InChI is InChI=1S/C15H21BrF2N2O/c1-9(2)7-12(20-5-3-19-4-6-20)13-14(18)11(17)8-10(16)15(13)21/h8-9,12,19,21H,3-7H2,1-2H3/t12-/m0/s1. The predicted molar refractivity (Wildman–Crippen MR) is 82.4 cm³/mol. The maximum Gasteiger partial charge on any atom is 0.167 e. The molecule has 1 heterocycles. The molecular formula is C15H21BrF2N2O. The molecule has 1 aromatic carbocycles. The Morgan fingerprint density at radius 3 is 2.52 bits per heavy atom. The molecule has 1 saturated heterocycles. The van der Waals surface area contributed by atoms with Crippen molar-refractivity contribution in [3.05, 3.63) is 27.7 Å². The Morgan fingerprint density at radius 2 is 1.95 bits per heavy atom. The largest absolute Gasteiger partial charge is 0.506 e. The van der Waals surface area contributed by atoms with Gasteiger partial charge in [0, 0.05) is 32.2 Å². The van der Waals surface area contributed by atoms with Gasteiger partial charge in [-0.2, -0.15) is 0 Å². The quantitative estimate of drug-likeness (QED) is 0.805. The Kier molecular flexibility index (Phi) is 5.57. The molecule has 0 saturated carbocycles. The molecule has 118 valence electrons. The van der Waals surface area contributed by atoms with Crippen LogP contribution >= 0.6 is 15.9 Å². The maximum absolute atomic E-state index is 14.3. The van der Waals surface area contributed by atoms with E-state index >= 15 is 0 Å². The lowest BCUT2D eigenvalue weighted by atomic mass is 9.93. The lowest BCUT2D eigenvalue weighted by Crippen LogP contribution is -2.45. The number of phenols is 1. The van der Waals surface area contributed by atoms with Gasteiger partial charge in [0.1, 0.15) is 5.75 Å². The number of nitrogens with one attached hydrogen (secondary N) is 1. The zero-order valence-corrected chi connectivity index (χ0v) is 13.9. The summed E-state index contributed by atoms with van der Waals surface area (Å²) in [7, 11) is 0. The van der Waals surface area contributed by atoms with Crippen molar-refractivity contribution in [1.82, 2.24) is 10.2 Å². The molecule has 0 spiro atoms. The van der Waals surface area contributed by atoms with Crippen LogP contribution in [0, 0.1) is 17.6 Å². The van der Waals surface area contributed by atoms with Gasteiger partial charge in [0.05, 0.1) is 10.0 Å². The summed E-state index contributed by atoms with van der Waals surface area (Å²) in [4.78, 5) is 2.11. The van der Waals surface area contributed by atoms with Gasteiger partial charge in [-0.15, -0.1) is 0 Å². The van der Waals surface area contributed by atoms with Gasteiger partial charge in [-0.25, -0.2) is 8.78 Å². The molecule has 2 N–H and O–H groups in total. The van der Waals surface area contributed by atoms with Gasteiger partial charge in [-0.3, -0.25) is 4.90 Å². The SMILES string of the molecule is CC(C)C[C@@H](c1c(O)c(Br)cc(F)c1F)N1CCNCC1. The van der Waals surface area contributed by atoms with Gasteiger partial charge in [-0.05, 0) is 34.3 Å². The van der Waals surface area contributed by atoms with E-state index in [1.807, 2.05) is 13.8 Å². The number of aromatic hydroxyl groups is 1. The summed E-state index contributed by atoms with van der Waals surface area (Å²) in [5.41, 5.74) is 0.0671. The van der Waals surface area contributed by atoms with Crippen LogP contribution in [0.1, 0.15) is 31.9 Å². The predicted octanol–water partition coefficient (Wildman–Crippen LogP) is 3.43. The maximum atomic E-state index is 14.3. The Morgan fingerprint density at radius 1 is 1.33 bits per heavy atom. The monoisotopic (exact) mass is 362 g/mol. The highest BCUT2D eigenvalue weighted by molar-refractivity contribution is 9.10. The molecule has 0 radical (unpaired) electrons. The van der Waals surface area contributed by atoms with Crippen molar-refractivity contribution in [2.24, 2.45) is 5.92 Å². The highest BCUT2D eigenvalue weighted by atomic mass is 79.9. The number of hydrogen-bond acceptors (Lipinski definition) is 3. The molecule has 1 aromatic rings. The van der Waals surface area contributed by atoms with Crippen LogP contribution in [0.2, 0.25) is 0 Å². The zero-order chi connectivity index (χ0) is 15.6. The summed E-state index contributed by atoms with van der Waals surface area (Å²) in [5.74, 6) is -1.76. The van der Waals surface area contributed by atoms with Crippen LogP contribution in [-0.4, -0.2) is 36.2 Å². The molecule has 0 amide bonds. The molecule has 0 aromatic heterocycles. The van der Waals surface area contributed by atoms with Crippen molar-refractivity contribution >= 4 is 15.9 Å². The molecule has 21 heavy (non-hydrogen) atoms. The van der Waals surface area contributed by atoms with Crippen molar-refractivity contribution in [2.45, 2.75) is 26.3 Å². The fourth-order valence-electron chi connectivity index (χ4n) is 2.80. The van der Waals surface area contributed by atoms with E-state index in [0.29, 0.717) is 12.3 Å². The van der Waals surface area contributed by atoms with Crippen LogP contribution in [0.4, 0.5) is 8.78 Å². The molecule has 1 fully saturated rings. The molecular weight excluding hydrogens is 342 g/mol. The second-order valence-electron chi connectivity index (χ2n) is 5.85. The van der Waals surface area contributed by atoms with E-state index in [1.165, 1.54) is 0 Å². The molecule has 0 bridgehead atoms. The minimum Gasteiger partial charge on any atom is -0.506 e. The third-order valence-corrected chi connectivity index (χ3v) is 4.41. The van der Waals surface area contributed by atoms with Crippen LogP contribution in [0.3, 0.4) is 0 Å². The molecule has 2 rings (SSSR count). The average molecular weight is 363 g/mol. The minimum absolute atomic E-state index is 0.0671. The third kappa shape index (κ3) is 3.73. The number of piperazine rings is 1. The van der Waals surface area contributed by atoms with Crippen molar-refractivity contribution in [3.63, 3.8) is 0 Å². The van der Waals surface area contributed by atoms with E-state index < -0.39 is 11.6 Å². The first-order valence-corrected chi connectivity index (χ1v) is 8.02. The minimum atomic E-state index is -0.945. The topological polar surface area (TPSA) is 35.5 Å². The van der Waals surface area contributed by atoms with E-state index in [1.54, 1.807) is 0 Å². The smallest absolute Gasteiger partial charge is 0.167 e. The molecule has 0 unspecified atom stereocenters. The van der Waals surface area contributed by atoms with Crippen molar-refractivity contribution in [2.75, 3.05) is 26.2 Å². The number of hydrogen-bond donors (Lipinski definition) is 2. The zero-order valence-electron chi connectivity index (χ0n) is 12.3. The van der Waals surface area contributed by atoms with E-state index in [-0.39, 0.29) is 21.8 Å². The second kappa shape index (κ2) is 7.03. The molecule has 1 aliphatic heterocycles. The van der Waals surface area contributed by atoms with Gasteiger partial charge >= 0.3 is 0 Å². The first-order chi connectivity index (χ1) is 9.91. The normalized spacial score (nSPS) is 18.2. The summed E-state index contributed by atoms with van der Waals surface area (Å²) < 4.78 is 28.2. The third-order valence-electron chi connectivity index (χ3n) is 3.80. The van der Waals surface area contributed by atoms with Gasteiger partial charge in [0.25, 0.3) is 0 Å². The van der Waals surface area contributed by atoms with E-state index in [2.05, 4.69) is 26.1 Å². The van der Waals surface area contributed by atoms with Gasteiger partial charge in [0.2, 0.25) is 0 Å². The first kappa shape index (κ1) is 16.6. The first-order valence-electron chi connectivity index (χ1n) is 7.23. The summed E-state index contributed by atoms with van der Waals surface area (Å²) in [6.07, 6.45) is 0.667. The second-order valence-corrected chi connectivity index (χ2v) is 6.70. The van der Waals surface area contributed by atoms with Gasteiger partial charge < -0.3 is 10.4 Å². The lowest BCUT2D eigenvalue weighted by Gasteiger charge is -2.36. The number of phenolic OH excluding ortho intramolecular Hbond substituents is 1. The fourth-order valence-corrected chi connectivity index (χ4v) is 3.21. The van der Waals surface area contributed by atoms with Crippen molar-refractivity contribution in [1.29, 1.82) is 0 Å². The molecule has 3 nitrogen and oxygen atoms in total. The number of nitrogens with zero attached hydrogens (tertiary/aromatic N) is 1. The number of benzene rings is 1. The number of rotatable bonds is 4. The summed E-state index contributed by atoms with van der Waals surface area (Å²) in [6.45, 7) is 7.21. The Balaban J connectivity index is 2.45.